The van der Waals surface area contributed by atoms with Crippen molar-refractivity contribution >= 4 is 17.4 Å². The van der Waals surface area contributed by atoms with Gasteiger partial charge in [-0.2, -0.15) is 0 Å². The summed E-state index contributed by atoms with van der Waals surface area (Å²) in [6.07, 6.45) is 2.84. The van der Waals surface area contributed by atoms with Gasteiger partial charge in [0.2, 0.25) is 5.95 Å². The standard InChI is InChI=1S/C21H19N3O2/c1-26-17-9-7-14(8-10-17)15-11-19-18(20(25)12-15)13-22-21(24-19)23-16-5-3-2-4-6-16/h2-10,13,15H,11-12H2,1H3,(H,22,23,24)/t15-/m1/s1. The quantitative estimate of drug-likeness (QED) is 0.770. The van der Waals surface area contributed by atoms with E-state index in [1.165, 1.54) is 0 Å². The van der Waals surface area contributed by atoms with Crippen LogP contribution in [-0.2, 0) is 6.42 Å². The van der Waals surface area contributed by atoms with Gasteiger partial charge in [-0.3, -0.25) is 4.79 Å². The number of rotatable bonds is 4. The molecule has 5 heteroatoms. The van der Waals surface area contributed by atoms with Crippen LogP contribution in [0.2, 0.25) is 0 Å². The lowest BCUT2D eigenvalue weighted by Crippen LogP contribution is -2.21. The van der Waals surface area contributed by atoms with Crippen LogP contribution in [0.5, 0.6) is 5.75 Å². The second-order valence-corrected chi connectivity index (χ2v) is 6.35. The van der Waals surface area contributed by atoms with Gasteiger partial charge in [0.05, 0.1) is 18.4 Å². The summed E-state index contributed by atoms with van der Waals surface area (Å²) in [6.45, 7) is 0. The van der Waals surface area contributed by atoms with Crippen LogP contribution in [0, 0.1) is 0 Å². The molecule has 0 amide bonds. The first-order chi connectivity index (χ1) is 12.7. The second-order valence-electron chi connectivity index (χ2n) is 6.35. The van der Waals surface area contributed by atoms with Gasteiger partial charge in [0.15, 0.2) is 5.78 Å². The number of carbonyl (C=O) groups excluding carboxylic acids is 1. The maximum Gasteiger partial charge on any atom is 0.227 e. The molecule has 0 saturated heterocycles. The topological polar surface area (TPSA) is 64.1 Å². The molecule has 5 nitrogen and oxygen atoms in total. The molecule has 4 rings (SSSR count). The molecule has 2 aromatic carbocycles. The maximum atomic E-state index is 12.5. The molecule has 0 bridgehead atoms. The van der Waals surface area contributed by atoms with E-state index in [1.54, 1.807) is 13.3 Å². The summed E-state index contributed by atoms with van der Waals surface area (Å²) >= 11 is 0. The Morgan fingerprint density at radius 3 is 2.54 bits per heavy atom. The Balaban J connectivity index is 1.59. The number of methoxy groups -OCH3 is 1. The molecule has 3 aromatic rings. The van der Waals surface area contributed by atoms with Crippen LogP contribution in [0.4, 0.5) is 11.6 Å². The predicted octanol–water partition coefficient (Wildman–Crippen LogP) is 4.14. The average Bonchev–Trinajstić information content (AvgIpc) is 2.68. The summed E-state index contributed by atoms with van der Waals surface area (Å²) in [7, 11) is 1.65. The summed E-state index contributed by atoms with van der Waals surface area (Å²) in [6, 6.07) is 17.7. The summed E-state index contributed by atoms with van der Waals surface area (Å²) < 4.78 is 5.21. The predicted molar refractivity (Wildman–Crippen MR) is 100 cm³/mol. The summed E-state index contributed by atoms with van der Waals surface area (Å²) in [5.74, 6) is 1.55. The number of anilines is 2. The van der Waals surface area contributed by atoms with Crippen molar-refractivity contribution in [2.45, 2.75) is 18.8 Å². The maximum absolute atomic E-state index is 12.5. The average molecular weight is 345 g/mol. The normalized spacial score (nSPS) is 16.0. The third-order valence-corrected chi connectivity index (χ3v) is 4.66. The Labute approximate surface area is 152 Å². The van der Waals surface area contributed by atoms with E-state index in [0.29, 0.717) is 17.9 Å². The number of nitrogens with zero attached hydrogens (tertiary/aromatic N) is 2. The van der Waals surface area contributed by atoms with Gasteiger partial charge in [-0.1, -0.05) is 30.3 Å². The highest BCUT2D eigenvalue weighted by Crippen LogP contribution is 2.33. The Morgan fingerprint density at radius 1 is 1.04 bits per heavy atom. The van der Waals surface area contributed by atoms with Gasteiger partial charge in [-0.05, 0) is 42.2 Å². The number of hydrogen-bond acceptors (Lipinski definition) is 5. The molecule has 0 saturated carbocycles. The van der Waals surface area contributed by atoms with Crippen LogP contribution in [0.25, 0.3) is 0 Å². The van der Waals surface area contributed by atoms with Crippen LogP contribution >= 0.6 is 0 Å². The first-order valence-corrected chi connectivity index (χ1v) is 8.58. The minimum atomic E-state index is 0.0957. The van der Waals surface area contributed by atoms with Gasteiger partial charge in [-0.15, -0.1) is 0 Å². The number of ketones is 1. The fourth-order valence-electron chi connectivity index (χ4n) is 3.27. The molecule has 1 aromatic heterocycles. The Hall–Kier alpha value is -3.21. The van der Waals surface area contributed by atoms with E-state index < -0.39 is 0 Å². The summed E-state index contributed by atoms with van der Waals surface area (Å²) in [5, 5.41) is 3.19. The summed E-state index contributed by atoms with van der Waals surface area (Å²) in [5.41, 5.74) is 3.48. The third-order valence-electron chi connectivity index (χ3n) is 4.66. The molecule has 0 fully saturated rings. The second kappa shape index (κ2) is 6.96. The van der Waals surface area contributed by atoms with Crippen molar-refractivity contribution in [1.82, 2.24) is 9.97 Å². The van der Waals surface area contributed by atoms with Crippen molar-refractivity contribution in [1.29, 1.82) is 0 Å². The molecule has 0 unspecified atom stereocenters. The highest BCUT2D eigenvalue weighted by Gasteiger charge is 2.28. The number of ether oxygens (including phenoxy) is 1. The van der Waals surface area contributed by atoms with Crippen molar-refractivity contribution in [3.8, 4) is 5.75 Å². The van der Waals surface area contributed by atoms with Crippen LogP contribution in [0.3, 0.4) is 0 Å². The minimum absolute atomic E-state index is 0.0957. The highest BCUT2D eigenvalue weighted by atomic mass is 16.5. The van der Waals surface area contributed by atoms with Crippen molar-refractivity contribution in [3.63, 3.8) is 0 Å². The molecule has 26 heavy (non-hydrogen) atoms. The zero-order chi connectivity index (χ0) is 17.9. The van der Waals surface area contributed by atoms with Crippen LogP contribution < -0.4 is 10.1 Å². The number of para-hydroxylation sites is 1. The van der Waals surface area contributed by atoms with Gasteiger partial charge in [0.1, 0.15) is 5.75 Å². The van der Waals surface area contributed by atoms with E-state index >= 15 is 0 Å². The lowest BCUT2D eigenvalue weighted by molar-refractivity contribution is 0.0962. The zero-order valence-electron chi connectivity index (χ0n) is 14.5. The SMILES string of the molecule is COc1ccc([C@H]2CC(=O)c3cnc(Nc4ccccc4)nc3C2)cc1. The Kier molecular flexibility index (Phi) is 4.35. The van der Waals surface area contributed by atoms with Crippen LogP contribution in [0.15, 0.2) is 60.8 Å². The minimum Gasteiger partial charge on any atom is -0.497 e. The first-order valence-electron chi connectivity index (χ1n) is 8.58. The lowest BCUT2D eigenvalue weighted by atomic mass is 9.82. The smallest absolute Gasteiger partial charge is 0.227 e. The van der Waals surface area contributed by atoms with E-state index in [4.69, 9.17) is 4.74 Å². The van der Waals surface area contributed by atoms with Crippen molar-refractivity contribution in [2.75, 3.05) is 12.4 Å². The number of nitrogens with one attached hydrogen (secondary N) is 1. The van der Waals surface area contributed by atoms with Gasteiger partial charge < -0.3 is 10.1 Å². The molecule has 0 aliphatic heterocycles. The molecule has 130 valence electrons. The Morgan fingerprint density at radius 2 is 1.81 bits per heavy atom. The molecule has 0 spiro atoms. The van der Waals surface area contributed by atoms with Gasteiger partial charge >= 0.3 is 0 Å². The number of Topliss-reactive ketones (excluding diaryl/α,β-unsaturated/α-hetero) is 1. The van der Waals surface area contributed by atoms with E-state index in [2.05, 4.69) is 15.3 Å². The van der Waals surface area contributed by atoms with Crippen LogP contribution in [0.1, 0.15) is 34.0 Å². The monoisotopic (exact) mass is 345 g/mol. The Bertz CT molecular complexity index is 924. The first kappa shape index (κ1) is 16.3. The van der Waals surface area contributed by atoms with Crippen molar-refractivity contribution < 1.29 is 9.53 Å². The summed E-state index contributed by atoms with van der Waals surface area (Å²) in [4.78, 5) is 21.4. The molecular formula is C21H19N3O2. The number of fused-ring (bicyclic) bond motifs is 1. The van der Waals surface area contributed by atoms with Crippen molar-refractivity contribution in [3.05, 3.63) is 77.6 Å². The zero-order valence-corrected chi connectivity index (χ0v) is 14.5. The number of benzene rings is 2. The van der Waals surface area contributed by atoms with Gasteiger partial charge in [0, 0.05) is 18.3 Å². The molecular weight excluding hydrogens is 326 g/mol. The molecule has 1 atom stereocenters. The lowest BCUT2D eigenvalue weighted by Gasteiger charge is -2.23. The number of aromatic nitrogens is 2. The number of hydrogen-bond donors (Lipinski definition) is 1. The van der Waals surface area contributed by atoms with Gasteiger partial charge in [-0.25, -0.2) is 9.97 Å². The molecule has 1 aliphatic rings. The van der Waals surface area contributed by atoms with E-state index in [9.17, 15) is 4.79 Å². The fraction of sp³-hybridized carbons (Fsp3) is 0.190. The van der Waals surface area contributed by atoms with E-state index in [1.807, 2.05) is 54.6 Å². The highest BCUT2D eigenvalue weighted by molar-refractivity contribution is 5.98. The molecule has 1 heterocycles. The van der Waals surface area contributed by atoms with Gasteiger partial charge in [0.25, 0.3) is 0 Å². The molecule has 1 N–H and O–H groups in total. The fourth-order valence-corrected chi connectivity index (χ4v) is 3.27. The largest absolute Gasteiger partial charge is 0.497 e. The molecule has 1 aliphatic carbocycles. The van der Waals surface area contributed by atoms with E-state index in [0.717, 1.165) is 29.1 Å². The van der Waals surface area contributed by atoms with Crippen molar-refractivity contribution in [2.24, 2.45) is 0 Å². The van der Waals surface area contributed by atoms with Crippen LogP contribution in [-0.4, -0.2) is 22.9 Å². The number of carbonyl (C=O) groups is 1. The third kappa shape index (κ3) is 3.28. The molecule has 0 radical (unpaired) electrons. The van der Waals surface area contributed by atoms with E-state index in [-0.39, 0.29) is 11.7 Å².